The largest absolute Gasteiger partial charge is 0.480 e. The lowest BCUT2D eigenvalue weighted by molar-refractivity contribution is -0.142. The molecule has 14 heteroatoms. The summed E-state index contributed by atoms with van der Waals surface area (Å²) in [4.78, 5) is 50.6. The summed E-state index contributed by atoms with van der Waals surface area (Å²) in [7, 11) is 0. The first-order valence-corrected chi connectivity index (χ1v) is 9.88. The molecule has 2 amide bonds. The third-order valence-electron chi connectivity index (χ3n) is 4.52. The lowest BCUT2D eigenvalue weighted by Gasteiger charge is -2.22. The van der Waals surface area contributed by atoms with Crippen LogP contribution in [0.2, 0.25) is 0 Å². The van der Waals surface area contributed by atoms with Crippen LogP contribution in [0.15, 0.2) is 25.0 Å². The highest BCUT2D eigenvalue weighted by Gasteiger charge is 2.28. The molecule has 0 aliphatic heterocycles. The zero-order chi connectivity index (χ0) is 23.5. The average Bonchev–Trinajstić information content (AvgIpc) is 3.43. The molecule has 2 heterocycles. The standard InChI is InChI=1S/C18H28N10O4/c19-12(4-10-6-22-8-25-10)15(29)28-14(5-11-7-23-9-26-11)16(30)27-13(17(31)32)2-1-3-24-18(20)21/h6-9,12-14H,1-5,19H2,(H,22,25)(H,23,26)(H,27,30)(H,28,29)(H,31,32)(H4,20,21,24)/t12-,13-,14-/m0/s1. The fraction of sp³-hybridized carbons (Fsp3) is 0.444. The minimum Gasteiger partial charge on any atom is -0.480 e. The number of carbonyl (C=O) groups excluding carboxylic acids is 2. The van der Waals surface area contributed by atoms with E-state index in [2.05, 4.69) is 35.9 Å². The van der Waals surface area contributed by atoms with Gasteiger partial charge in [0, 0.05) is 31.8 Å². The maximum Gasteiger partial charge on any atom is 0.326 e. The van der Waals surface area contributed by atoms with Crippen molar-refractivity contribution < 1.29 is 19.5 Å². The molecule has 0 saturated carbocycles. The summed E-state index contributed by atoms with van der Waals surface area (Å²) in [5.41, 5.74) is 12.2. The Bertz CT molecular complexity index is 884. The predicted molar refractivity (Wildman–Crippen MR) is 113 cm³/mol. The molecule has 0 radical (unpaired) electrons. The van der Waals surface area contributed by atoms with Crippen molar-refractivity contribution in [2.24, 2.45) is 11.5 Å². The monoisotopic (exact) mass is 448 g/mol. The normalized spacial score (nSPS) is 13.5. The first-order valence-electron chi connectivity index (χ1n) is 9.88. The number of rotatable bonds is 13. The molecule has 0 aliphatic rings. The Hall–Kier alpha value is -3.94. The number of H-pyrrole nitrogens is 2. The highest BCUT2D eigenvalue weighted by Crippen LogP contribution is 2.04. The van der Waals surface area contributed by atoms with E-state index in [-0.39, 0.29) is 31.8 Å². The second-order valence-electron chi connectivity index (χ2n) is 7.08. The van der Waals surface area contributed by atoms with Crippen LogP contribution in [-0.4, -0.2) is 73.5 Å². The van der Waals surface area contributed by atoms with Gasteiger partial charge in [0.25, 0.3) is 0 Å². The average molecular weight is 448 g/mol. The number of amides is 2. The molecule has 14 nitrogen and oxygen atoms in total. The molecule has 0 aliphatic carbocycles. The van der Waals surface area contributed by atoms with Gasteiger partial charge in [-0.15, -0.1) is 0 Å². The van der Waals surface area contributed by atoms with E-state index in [4.69, 9.17) is 16.9 Å². The Morgan fingerprint density at radius 1 is 1.03 bits per heavy atom. The van der Waals surface area contributed by atoms with Gasteiger partial charge in [0.1, 0.15) is 12.1 Å². The number of imidazole rings is 2. The van der Waals surface area contributed by atoms with E-state index >= 15 is 0 Å². The second-order valence-corrected chi connectivity index (χ2v) is 7.08. The third kappa shape index (κ3) is 8.06. The second kappa shape index (κ2) is 12.0. The van der Waals surface area contributed by atoms with Crippen LogP contribution in [0.3, 0.4) is 0 Å². The van der Waals surface area contributed by atoms with E-state index in [1.54, 1.807) is 12.4 Å². The van der Waals surface area contributed by atoms with Crippen molar-refractivity contribution in [1.82, 2.24) is 35.9 Å². The van der Waals surface area contributed by atoms with Crippen LogP contribution >= 0.6 is 0 Å². The highest BCUT2D eigenvalue weighted by molar-refractivity contribution is 5.92. The molecule has 0 aromatic carbocycles. The first-order chi connectivity index (χ1) is 15.3. The van der Waals surface area contributed by atoms with Gasteiger partial charge in [0.15, 0.2) is 5.96 Å². The van der Waals surface area contributed by atoms with Gasteiger partial charge in [-0.05, 0) is 12.8 Å². The van der Waals surface area contributed by atoms with Crippen LogP contribution in [0.1, 0.15) is 24.2 Å². The third-order valence-corrected chi connectivity index (χ3v) is 4.52. The molecule has 11 N–H and O–H groups in total. The van der Waals surface area contributed by atoms with Crippen molar-refractivity contribution in [3.63, 3.8) is 0 Å². The molecule has 3 atom stereocenters. The number of guanidine groups is 1. The Balaban J connectivity index is 2.01. The number of aromatic nitrogens is 4. The number of aliphatic carboxylic acids is 1. The van der Waals surface area contributed by atoms with Crippen molar-refractivity contribution in [1.29, 1.82) is 5.41 Å². The summed E-state index contributed by atoms with van der Waals surface area (Å²) in [6, 6.07) is -3.23. The highest BCUT2D eigenvalue weighted by atomic mass is 16.4. The summed E-state index contributed by atoms with van der Waals surface area (Å²) >= 11 is 0. The lowest BCUT2D eigenvalue weighted by atomic mass is 10.1. The van der Waals surface area contributed by atoms with Crippen LogP contribution in [-0.2, 0) is 27.2 Å². The van der Waals surface area contributed by atoms with Crippen molar-refractivity contribution in [2.45, 2.75) is 43.8 Å². The summed E-state index contributed by atoms with van der Waals surface area (Å²) in [5, 5.41) is 24.1. The fourth-order valence-electron chi connectivity index (χ4n) is 2.88. The van der Waals surface area contributed by atoms with E-state index in [1.807, 2.05) is 0 Å². The molecule has 2 aromatic heterocycles. The number of carboxylic acids is 1. The molecule has 32 heavy (non-hydrogen) atoms. The smallest absolute Gasteiger partial charge is 0.326 e. The fourth-order valence-corrected chi connectivity index (χ4v) is 2.88. The lowest BCUT2D eigenvalue weighted by Crippen LogP contribution is -2.55. The number of hydrogen-bond acceptors (Lipinski definition) is 7. The van der Waals surface area contributed by atoms with E-state index < -0.39 is 35.9 Å². The Kier molecular flexibility index (Phi) is 9.16. The Morgan fingerprint density at radius 2 is 1.62 bits per heavy atom. The number of carboxylic acid groups (broad SMARTS) is 1. The van der Waals surface area contributed by atoms with Crippen molar-refractivity contribution in [3.05, 3.63) is 36.4 Å². The quantitative estimate of drug-likeness (QED) is 0.0896. The van der Waals surface area contributed by atoms with E-state index in [1.165, 1.54) is 12.7 Å². The minimum absolute atomic E-state index is 0.0361. The van der Waals surface area contributed by atoms with Crippen LogP contribution < -0.4 is 27.4 Å². The SMILES string of the molecule is N=C(N)NCCC[C@H](NC(=O)[C@H](Cc1c[nH]cn1)NC(=O)[C@@H](N)Cc1c[nH]cn1)C(=O)O. The molecule has 2 rings (SSSR count). The summed E-state index contributed by atoms with van der Waals surface area (Å²) in [6.07, 6.45) is 6.72. The molecule has 0 spiro atoms. The zero-order valence-corrected chi connectivity index (χ0v) is 17.3. The number of carbonyl (C=O) groups is 3. The van der Waals surface area contributed by atoms with Crippen LogP contribution in [0.5, 0.6) is 0 Å². The van der Waals surface area contributed by atoms with Crippen LogP contribution in [0.25, 0.3) is 0 Å². The molecule has 0 fully saturated rings. The molecular weight excluding hydrogens is 420 g/mol. The molecular formula is C18H28N10O4. The van der Waals surface area contributed by atoms with Crippen molar-refractivity contribution in [3.8, 4) is 0 Å². The topological polar surface area (TPSA) is 241 Å². The zero-order valence-electron chi connectivity index (χ0n) is 17.3. The Morgan fingerprint density at radius 3 is 2.16 bits per heavy atom. The van der Waals surface area contributed by atoms with Gasteiger partial charge in [-0.3, -0.25) is 15.0 Å². The molecule has 2 aromatic rings. The van der Waals surface area contributed by atoms with Gasteiger partial charge in [-0.25, -0.2) is 14.8 Å². The maximum atomic E-state index is 12.8. The summed E-state index contributed by atoms with van der Waals surface area (Å²) in [6.45, 7) is 0.282. The van der Waals surface area contributed by atoms with E-state index in [0.29, 0.717) is 17.8 Å². The van der Waals surface area contributed by atoms with Gasteiger partial charge in [0.2, 0.25) is 11.8 Å². The van der Waals surface area contributed by atoms with Crippen molar-refractivity contribution in [2.75, 3.05) is 6.54 Å². The number of nitrogens with two attached hydrogens (primary N) is 2. The minimum atomic E-state index is -1.22. The van der Waals surface area contributed by atoms with Gasteiger partial charge in [0.05, 0.1) is 30.1 Å². The Labute approximate surface area is 183 Å². The molecule has 0 saturated heterocycles. The first kappa shape index (κ1) is 24.3. The van der Waals surface area contributed by atoms with Gasteiger partial charge < -0.3 is 42.5 Å². The predicted octanol–water partition coefficient (Wildman–Crippen LogP) is -2.44. The number of nitrogens with zero attached hydrogens (tertiary/aromatic N) is 2. The number of nitrogens with one attached hydrogen (secondary N) is 6. The van der Waals surface area contributed by atoms with Crippen molar-refractivity contribution >= 4 is 23.7 Å². The number of hydrogen-bond donors (Lipinski definition) is 9. The van der Waals surface area contributed by atoms with E-state index in [0.717, 1.165) is 0 Å². The van der Waals surface area contributed by atoms with Crippen LogP contribution in [0, 0.1) is 5.41 Å². The molecule has 174 valence electrons. The molecule has 0 unspecified atom stereocenters. The number of aromatic amines is 2. The van der Waals surface area contributed by atoms with Gasteiger partial charge >= 0.3 is 5.97 Å². The van der Waals surface area contributed by atoms with Gasteiger partial charge in [-0.1, -0.05) is 0 Å². The summed E-state index contributed by atoms with van der Waals surface area (Å²) in [5.74, 6) is -2.71. The maximum absolute atomic E-state index is 12.8. The van der Waals surface area contributed by atoms with E-state index in [9.17, 15) is 19.5 Å². The van der Waals surface area contributed by atoms with Crippen LogP contribution in [0.4, 0.5) is 0 Å². The van der Waals surface area contributed by atoms with Gasteiger partial charge in [-0.2, -0.15) is 0 Å². The molecule has 0 bridgehead atoms. The summed E-state index contributed by atoms with van der Waals surface area (Å²) < 4.78 is 0.